The van der Waals surface area contributed by atoms with E-state index in [9.17, 15) is 4.39 Å². The quantitative estimate of drug-likeness (QED) is 0.862. The molecule has 3 nitrogen and oxygen atoms in total. The Hall–Kier alpha value is -1.13. The lowest BCUT2D eigenvalue weighted by Gasteiger charge is -2.20. The van der Waals surface area contributed by atoms with E-state index in [2.05, 4.69) is 29.2 Å². The normalized spacial score (nSPS) is 20.6. The lowest BCUT2D eigenvalue weighted by Crippen LogP contribution is -2.33. The van der Waals surface area contributed by atoms with Crippen LogP contribution in [-0.2, 0) is 0 Å². The maximum Gasteiger partial charge on any atom is 0.146 e. The molecule has 100 valence electrons. The Morgan fingerprint density at radius 2 is 2.17 bits per heavy atom. The molecule has 1 atom stereocenters. The van der Waals surface area contributed by atoms with E-state index in [1.54, 1.807) is 12.1 Å². The third-order valence-electron chi connectivity index (χ3n) is 3.60. The van der Waals surface area contributed by atoms with E-state index in [-0.39, 0.29) is 5.82 Å². The predicted molar refractivity (Wildman–Crippen MR) is 73.4 cm³/mol. The Kier molecular flexibility index (Phi) is 4.55. The minimum atomic E-state index is -0.176. The fourth-order valence-electron chi connectivity index (χ4n) is 2.39. The summed E-state index contributed by atoms with van der Waals surface area (Å²) in [6.07, 6.45) is 1.23. The zero-order valence-electron chi connectivity index (χ0n) is 11.2. The van der Waals surface area contributed by atoms with Crippen molar-refractivity contribution >= 4 is 5.69 Å². The van der Waals surface area contributed by atoms with Gasteiger partial charge in [-0.2, -0.15) is 0 Å². The molecule has 4 heteroatoms. The SMILES string of the molecule is CN(C)C1CCN(CCNc2ccccc2F)C1. The number of likely N-dealkylation sites (tertiary alicyclic amines) is 1. The van der Waals surface area contributed by atoms with Crippen LogP contribution in [0.15, 0.2) is 24.3 Å². The molecule has 0 spiro atoms. The molecule has 0 aromatic heterocycles. The van der Waals surface area contributed by atoms with Gasteiger partial charge in [-0.15, -0.1) is 0 Å². The maximum atomic E-state index is 13.4. The first-order chi connectivity index (χ1) is 8.66. The van der Waals surface area contributed by atoms with Crippen molar-refractivity contribution in [2.75, 3.05) is 45.6 Å². The highest BCUT2D eigenvalue weighted by molar-refractivity contribution is 5.44. The molecule has 1 unspecified atom stereocenters. The summed E-state index contributed by atoms with van der Waals surface area (Å²) >= 11 is 0. The first kappa shape index (κ1) is 13.3. The first-order valence-electron chi connectivity index (χ1n) is 6.54. The number of halogens is 1. The minimum absolute atomic E-state index is 0.176. The Morgan fingerprint density at radius 1 is 1.39 bits per heavy atom. The third kappa shape index (κ3) is 3.43. The average Bonchev–Trinajstić information content (AvgIpc) is 2.80. The van der Waals surface area contributed by atoms with Crippen LogP contribution in [-0.4, -0.2) is 56.1 Å². The molecule has 0 amide bonds. The van der Waals surface area contributed by atoms with Gasteiger partial charge in [0.1, 0.15) is 5.82 Å². The second kappa shape index (κ2) is 6.16. The number of para-hydroxylation sites is 1. The number of likely N-dealkylation sites (N-methyl/N-ethyl adjacent to an activating group) is 1. The number of nitrogens with zero attached hydrogens (tertiary/aromatic N) is 2. The van der Waals surface area contributed by atoms with Gasteiger partial charge in [0.25, 0.3) is 0 Å². The standard InChI is InChI=1S/C14H22FN3/c1-17(2)12-7-9-18(11-12)10-8-16-14-6-4-3-5-13(14)15/h3-6,12,16H,7-11H2,1-2H3. The summed E-state index contributed by atoms with van der Waals surface area (Å²) in [5.74, 6) is -0.176. The summed E-state index contributed by atoms with van der Waals surface area (Å²) in [5.41, 5.74) is 0.598. The van der Waals surface area contributed by atoms with Crippen LogP contribution in [0, 0.1) is 5.82 Å². The summed E-state index contributed by atoms with van der Waals surface area (Å²) in [4.78, 5) is 4.71. The molecule has 0 saturated carbocycles. The first-order valence-corrected chi connectivity index (χ1v) is 6.54. The molecular weight excluding hydrogens is 229 g/mol. The van der Waals surface area contributed by atoms with Crippen LogP contribution in [0.4, 0.5) is 10.1 Å². The molecule has 1 fully saturated rings. The van der Waals surface area contributed by atoms with Gasteiger partial charge in [0, 0.05) is 25.7 Å². The molecule has 0 bridgehead atoms. The summed E-state index contributed by atoms with van der Waals surface area (Å²) in [5, 5.41) is 3.15. The lowest BCUT2D eigenvalue weighted by molar-refractivity contribution is 0.273. The van der Waals surface area contributed by atoms with Gasteiger partial charge in [-0.05, 0) is 39.2 Å². The van der Waals surface area contributed by atoms with Crippen molar-refractivity contribution in [3.8, 4) is 0 Å². The number of hydrogen-bond donors (Lipinski definition) is 1. The zero-order valence-corrected chi connectivity index (χ0v) is 11.2. The van der Waals surface area contributed by atoms with Crippen molar-refractivity contribution in [2.45, 2.75) is 12.5 Å². The van der Waals surface area contributed by atoms with E-state index >= 15 is 0 Å². The van der Waals surface area contributed by atoms with Crippen LogP contribution < -0.4 is 5.32 Å². The van der Waals surface area contributed by atoms with Crippen LogP contribution in [0.2, 0.25) is 0 Å². The Bertz CT molecular complexity index is 381. The summed E-state index contributed by atoms with van der Waals surface area (Å²) < 4.78 is 13.4. The smallest absolute Gasteiger partial charge is 0.146 e. The maximum absolute atomic E-state index is 13.4. The Morgan fingerprint density at radius 3 is 2.83 bits per heavy atom. The summed E-state index contributed by atoms with van der Waals surface area (Å²) in [6, 6.07) is 7.49. The second-order valence-electron chi connectivity index (χ2n) is 5.11. The van der Waals surface area contributed by atoms with Gasteiger partial charge in [0.2, 0.25) is 0 Å². The molecule has 1 saturated heterocycles. The van der Waals surface area contributed by atoms with Crippen LogP contribution in [0.1, 0.15) is 6.42 Å². The highest BCUT2D eigenvalue weighted by Crippen LogP contribution is 2.14. The minimum Gasteiger partial charge on any atom is -0.381 e. The highest BCUT2D eigenvalue weighted by Gasteiger charge is 2.23. The molecule has 18 heavy (non-hydrogen) atoms. The zero-order chi connectivity index (χ0) is 13.0. The average molecular weight is 251 g/mol. The van der Waals surface area contributed by atoms with Crippen molar-refractivity contribution in [1.82, 2.24) is 9.80 Å². The molecular formula is C14H22FN3. The van der Waals surface area contributed by atoms with Crippen LogP contribution in [0.3, 0.4) is 0 Å². The monoisotopic (exact) mass is 251 g/mol. The van der Waals surface area contributed by atoms with E-state index in [4.69, 9.17) is 0 Å². The van der Waals surface area contributed by atoms with Gasteiger partial charge < -0.3 is 10.2 Å². The van der Waals surface area contributed by atoms with Crippen molar-refractivity contribution < 1.29 is 4.39 Å². The fourth-order valence-corrected chi connectivity index (χ4v) is 2.39. The highest BCUT2D eigenvalue weighted by atomic mass is 19.1. The van der Waals surface area contributed by atoms with Gasteiger partial charge in [0.05, 0.1) is 5.69 Å². The van der Waals surface area contributed by atoms with Crippen LogP contribution in [0.25, 0.3) is 0 Å². The van der Waals surface area contributed by atoms with Crippen LogP contribution >= 0.6 is 0 Å². The number of rotatable bonds is 5. The molecule has 2 rings (SSSR count). The summed E-state index contributed by atoms with van der Waals surface area (Å²) in [6.45, 7) is 4.02. The lowest BCUT2D eigenvalue weighted by atomic mass is 10.2. The van der Waals surface area contributed by atoms with Gasteiger partial charge >= 0.3 is 0 Å². The van der Waals surface area contributed by atoms with Gasteiger partial charge in [-0.25, -0.2) is 4.39 Å². The topological polar surface area (TPSA) is 18.5 Å². The number of anilines is 1. The molecule has 1 heterocycles. The van der Waals surface area contributed by atoms with E-state index < -0.39 is 0 Å². The molecule has 1 aliphatic rings. The van der Waals surface area contributed by atoms with Gasteiger partial charge in [-0.1, -0.05) is 12.1 Å². The number of nitrogens with one attached hydrogen (secondary N) is 1. The number of benzene rings is 1. The van der Waals surface area contributed by atoms with Crippen molar-refractivity contribution in [1.29, 1.82) is 0 Å². The van der Waals surface area contributed by atoms with Crippen molar-refractivity contribution in [2.24, 2.45) is 0 Å². The van der Waals surface area contributed by atoms with E-state index in [0.717, 1.165) is 26.2 Å². The van der Waals surface area contributed by atoms with Crippen molar-refractivity contribution in [3.05, 3.63) is 30.1 Å². The molecule has 1 aromatic carbocycles. The van der Waals surface area contributed by atoms with E-state index in [1.807, 2.05) is 6.07 Å². The van der Waals surface area contributed by atoms with E-state index in [1.165, 1.54) is 12.5 Å². The van der Waals surface area contributed by atoms with E-state index in [0.29, 0.717) is 11.7 Å². The molecule has 1 aliphatic heterocycles. The Labute approximate surface area is 109 Å². The molecule has 0 aliphatic carbocycles. The molecule has 1 N–H and O–H groups in total. The number of hydrogen-bond acceptors (Lipinski definition) is 3. The summed E-state index contributed by atoms with van der Waals surface area (Å²) in [7, 11) is 4.26. The fraction of sp³-hybridized carbons (Fsp3) is 0.571. The largest absolute Gasteiger partial charge is 0.381 e. The Balaban J connectivity index is 1.72. The second-order valence-corrected chi connectivity index (χ2v) is 5.11. The third-order valence-corrected chi connectivity index (χ3v) is 3.60. The van der Waals surface area contributed by atoms with Crippen LogP contribution in [0.5, 0.6) is 0 Å². The van der Waals surface area contributed by atoms with Crippen molar-refractivity contribution in [3.63, 3.8) is 0 Å². The van der Waals surface area contributed by atoms with Gasteiger partial charge in [0.15, 0.2) is 0 Å². The predicted octanol–water partition coefficient (Wildman–Crippen LogP) is 1.87. The molecule has 1 aromatic rings. The van der Waals surface area contributed by atoms with Gasteiger partial charge in [-0.3, -0.25) is 4.90 Å². The molecule has 0 radical (unpaired) electrons.